The third-order valence-electron chi connectivity index (χ3n) is 3.97. The van der Waals surface area contributed by atoms with Gasteiger partial charge in [0.15, 0.2) is 5.82 Å². The molecule has 0 aliphatic carbocycles. The minimum Gasteiger partial charge on any atom is -0.467 e. The zero-order chi connectivity index (χ0) is 20.7. The highest BCUT2D eigenvalue weighted by molar-refractivity contribution is 5.90. The maximum absolute atomic E-state index is 12.4. The monoisotopic (exact) mass is 385 g/mol. The average molecular weight is 385 g/mol. The smallest absolute Gasteiger partial charge is 0.412 e. The number of carbonyl (C=O) groups excluding carboxylic acids is 2. The molecule has 1 heterocycles. The first-order valence-electron chi connectivity index (χ1n) is 9.01. The van der Waals surface area contributed by atoms with Crippen LogP contribution in [0.1, 0.15) is 26.3 Å². The van der Waals surface area contributed by atoms with E-state index in [0.29, 0.717) is 17.9 Å². The molecule has 28 heavy (non-hydrogen) atoms. The number of likely N-dealkylation sites (N-methyl/N-ethyl adjacent to an activating group) is 1. The van der Waals surface area contributed by atoms with Crippen LogP contribution in [0.25, 0.3) is 0 Å². The first-order chi connectivity index (χ1) is 13.2. The number of carbonyl (C=O) groups is 2. The molecule has 0 aliphatic heterocycles. The van der Waals surface area contributed by atoms with Gasteiger partial charge >= 0.3 is 12.1 Å². The lowest BCUT2D eigenvalue weighted by atomic mass is 10.0. The van der Waals surface area contributed by atoms with E-state index in [-0.39, 0.29) is 5.97 Å². The molecule has 0 aliphatic rings. The highest BCUT2D eigenvalue weighted by Crippen LogP contribution is 2.25. The van der Waals surface area contributed by atoms with E-state index in [2.05, 4.69) is 10.3 Å². The maximum Gasteiger partial charge on any atom is 0.412 e. The van der Waals surface area contributed by atoms with E-state index in [0.717, 1.165) is 5.56 Å². The summed E-state index contributed by atoms with van der Waals surface area (Å²) in [6.45, 7) is 5.36. The number of rotatable bonds is 6. The van der Waals surface area contributed by atoms with E-state index < -0.39 is 17.7 Å². The first kappa shape index (κ1) is 21.2. The molecule has 1 aromatic heterocycles. The molecule has 0 saturated carbocycles. The molecule has 7 nitrogen and oxygen atoms in total. The Morgan fingerprint density at radius 3 is 2.43 bits per heavy atom. The fourth-order valence-electron chi connectivity index (χ4n) is 2.69. The van der Waals surface area contributed by atoms with Crippen LogP contribution >= 0.6 is 0 Å². The lowest BCUT2D eigenvalue weighted by Gasteiger charge is -2.29. The van der Waals surface area contributed by atoms with E-state index in [1.54, 1.807) is 51.0 Å². The number of hydrogen-bond donors (Lipinski definition) is 1. The number of esters is 1. The van der Waals surface area contributed by atoms with Crippen LogP contribution in [0.2, 0.25) is 0 Å². The molecular formula is C21H27N3O4. The lowest BCUT2D eigenvalue weighted by molar-refractivity contribution is -0.142. The molecule has 0 bridgehead atoms. The Balaban J connectivity index is 2.28. The van der Waals surface area contributed by atoms with Crippen LogP contribution < -0.4 is 10.2 Å². The van der Waals surface area contributed by atoms with Crippen LogP contribution in [-0.2, 0) is 20.7 Å². The molecule has 0 saturated heterocycles. The molecule has 7 heteroatoms. The fourth-order valence-corrected chi connectivity index (χ4v) is 2.69. The number of methoxy groups -OCH3 is 1. The normalized spacial score (nSPS) is 12.0. The SMILES string of the molecule is COC(=O)C(Cc1ccccc1)N(C)c1ncccc1NC(=O)OC(C)(C)C. The van der Waals surface area contributed by atoms with Crippen LogP contribution in [-0.4, -0.2) is 42.8 Å². The Labute approximate surface area is 165 Å². The number of benzene rings is 1. The Bertz CT molecular complexity index is 803. The van der Waals surface area contributed by atoms with Gasteiger partial charge in [-0.2, -0.15) is 0 Å². The molecule has 0 spiro atoms. The first-order valence-corrected chi connectivity index (χ1v) is 9.01. The van der Waals surface area contributed by atoms with Crippen molar-refractivity contribution < 1.29 is 19.1 Å². The molecule has 2 rings (SSSR count). The third-order valence-corrected chi connectivity index (χ3v) is 3.97. The summed E-state index contributed by atoms with van der Waals surface area (Å²) in [6.07, 6.45) is 1.45. The number of ether oxygens (including phenoxy) is 2. The van der Waals surface area contributed by atoms with Crippen molar-refractivity contribution in [1.82, 2.24) is 4.98 Å². The van der Waals surface area contributed by atoms with Gasteiger partial charge in [-0.1, -0.05) is 30.3 Å². The number of nitrogens with zero attached hydrogens (tertiary/aromatic N) is 2. The highest BCUT2D eigenvalue weighted by Gasteiger charge is 2.28. The van der Waals surface area contributed by atoms with Crippen LogP contribution in [0, 0.1) is 0 Å². The zero-order valence-electron chi connectivity index (χ0n) is 16.9. The fraction of sp³-hybridized carbons (Fsp3) is 0.381. The van der Waals surface area contributed by atoms with Crippen LogP contribution in [0.15, 0.2) is 48.7 Å². The number of amides is 1. The van der Waals surface area contributed by atoms with Crippen molar-refractivity contribution >= 4 is 23.6 Å². The van der Waals surface area contributed by atoms with Gasteiger partial charge in [-0.15, -0.1) is 0 Å². The summed E-state index contributed by atoms with van der Waals surface area (Å²) in [6, 6.07) is 12.4. The van der Waals surface area contributed by atoms with E-state index >= 15 is 0 Å². The van der Waals surface area contributed by atoms with Crippen molar-refractivity contribution in [2.24, 2.45) is 0 Å². The van der Waals surface area contributed by atoms with Gasteiger partial charge in [0.05, 0.1) is 12.8 Å². The average Bonchev–Trinajstić information content (AvgIpc) is 2.64. The molecule has 1 amide bonds. The predicted molar refractivity (Wildman–Crippen MR) is 108 cm³/mol. The molecule has 2 aromatic rings. The standard InChI is InChI=1S/C21H27N3O4/c1-21(2,3)28-20(26)23-16-12-9-13-22-18(16)24(4)17(19(25)27-5)14-15-10-7-6-8-11-15/h6-13,17H,14H2,1-5H3,(H,23,26). The summed E-state index contributed by atoms with van der Waals surface area (Å²) in [5.41, 5.74) is 0.809. The summed E-state index contributed by atoms with van der Waals surface area (Å²) in [5, 5.41) is 2.71. The Morgan fingerprint density at radius 1 is 1.14 bits per heavy atom. The zero-order valence-corrected chi connectivity index (χ0v) is 16.9. The molecule has 0 fully saturated rings. The van der Waals surface area contributed by atoms with Gasteiger partial charge in [0.25, 0.3) is 0 Å². The van der Waals surface area contributed by atoms with Crippen molar-refractivity contribution in [2.45, 2.75) is 38.8 Å². The minimum absolute atomic E-state index is 0.389. The summed E-state index contributed by atoms with van der Waals surface area (Å²) >= 11 is 0. The second-order valence-electron chi connectivity index (χ2n) is 7.34. The van der Waals surface area contributed by atoms with Crippen LogP contribution in [0.5, 0.6) is 0 Å². The summed E-state index contributed by atoms with van der Waals surface area (Å²) in [5.74, 6) is 0.0555. The maximum atomic E-state index is 12.4. The molecular weight excluding hydrogens is 358 g/mol. The molecule has 1 atom stereocenters. The minimum atomic E-state index is -0.625. The van der Waals surface area contributed by atoms with E-state index in [4.69, 9.17) is 9.47 Å². The number of hydrogen-bond acceptors (Lipinski definition) is 6. The topological polar surface area (TPSA) is 80.8 Å². The van der Waals surface area contributed by atoms with Gasteiger partial charge in [-0.3, -0.25) is 5.32 Å². The second-order valence-corrected chi connectivity index (χ2v) is 7.34. The molecule has 1 N–H and O–H groups in total. The van der Waals surface area contributed by atoms with E-state index in [1.807, 2.05) is 30.3 Å². The van der Waals surface area contributed by atoms with Crippen molar-refractivity contribution in [1.29, 1.82) is 0 Å². The van der Waals surface area contributed by atoms with Gasteiger partial charge in [0.1, 0.15) is 11.6 Å². The van der Waals surface area contributed by atoms with Crippen molar-refractivity contribution in [3.63, 3.8) is 0 Å². The van der Waals surface area contributed by atoms with Gasteiger partial charge in [0, 0.05) is 19.7 Å². The van der Waals surface area contributed by atoms with Gasteiger partial charge in [0.2, 0.25) is 0 Å². The van der Waals surface area contributed by atoms with Crippen LogP contribution in [0.3, 0.4) is 0 Å². The predicted octanol–water partition coefficient (Wildman–Crippen LogP) is 3.65. The number of aromatic nitrogens is 1. The number of nitrogens with one attached hydrogen (secondary N) is 1. The molecule has 150 valence electrons. The quantitative estimate of drug-likeness (QED) is 0.765. The second kappa shape index (κ2) is 9.21. The molecule has 0 radical (unpaired) electrons. The van der Waals surface area contributed by atoms with Gasteiger partial charge < -0.3 is 14.4 Å². The number of pyridine rings is 1. The molecule has 1 aromatic carbocycles. The number of anilines is 2. The van der Waals surface area contributed by atoms with Crippen molar-refractivity contribution in [3.8, 4) is 0 Å². The van der Waals surface area contributed by atoms with Gasteiger partial charge in [-0.05, 0) is 38.5 Å². The Kier molecular flexibility index (Phi) is 6.98. The largest absolute Gasteiger partial charge is 0.467 e. The summed E-state index contributed by atoms with van der Waals surface area (Å²) in [4.78, 5) is 30.7. The van der Waals surface area contributed by atoms with Crippen molar-refractivity contribution in [3.05, 3.63) is 54.2 Å². The Morgan fingerprint density at radius 2 is 1.82 bits per heavy atom. The lowest BCUT2D eigenvalue weighted by Crippen LogP contribution is -2.42. The summed E-state index contributed by atoms with van der Waals surface area (Å²) in [7, 11) is 3.10. The van der Waals surface area contributed by atoms with E-state index in [9.17, 15) is 9.59 Å². The highest BCUT2D eigenvalue weighted by atomic mass is 16.6. The van der Waals surface area contributed by atoms with Crippen LogP contribution in [0.4, 0.5) is 16.3 Å². The van der Waals surface area contributed by atoms with Gasteiger partial charge in [-0.25, -0.2) is 14.6 Å². The Hall–Kier alpha value is -3.09. The third kappa shape index (κ3) is 5.97. The van der Waals surface area contributed by atoms with E-state index in [1.165, 1.54) is 7.11 Å². The summed E-state index contributed by atoms with van der Waals surface area (Å²) < 4.78 is 10.3. The molecule has 1 unspecified atom stereocenters. The van der Waals surface area contributed by atoms with Crippen molar-refractivity contribution in [2.75, 3.05) is 24.4 Å².